The molecule has 13 nitrogen and oxygen atoms in total. The molecule has 7 N–H and O–H groups in total. The van der Waals surface area contributed by atoms with E-state index in [9.17, 15) is 31.0 Å². The highest BCUT2D eigenvalue weighted by Crippen LogP contribution is 2.43. The van der Waals surface area contributed by atoms with Crippen LogP contribution in [0.4, 0.5) is 34.1 Å². The van der Waals surface area contributed by atoms with Gasteiger partial charge in [0.25, 0.3) is 20.2 Å². The summed E-state index contributed by atoms with van der Waals surface area (Å²) in [7, 11) is -9.44. The number of phenolic OH excluding ortho intramolecular Hbond substituents is 1. The molecule has 0 aliphatic heterocycles. The molecule has 5 aromatic rings. The Kier molecular flexibility index (Phi) is 6.88. The Balaban J connectivity index is 1.61. The Labute approximate surface area is 233 Å². The molecule has 0 radical (unpaired) electrons. The molecule has 0 aliphatic rings. The van der Waals surface area contributed by atoms with Gasteiger partial charge in [0, 0.05) is 27.5 Å². The standard InChI is InChI=1S/C26H20N6O7S2/c27-15-5-7-17-14(11-15)12-24(41(37,38)39)25(26(17)33)32-30-21-10-9-20(18-3-1-2-4-19(18)21)29-31-22-8-6-16(28)13-23(22)40(34,35)36/h1-13,33H,27-28H2,(H,34,35,36)(H,37,38,39). The van der Waals surface area contributed by atoms with Gasteiger partial charge in [-0.25, -0.2) is 0 Å². The third-order valence-electron chi connectivity index (χ3n) is 6.02. The van der Waals surface area contributed by atoms with Crippen molar-refractivity contribution in [2.75, 3.05) is 11.5 Å². The third-order valence-corrected chi connectivity index (χ3v) is 7.77. The minimum Gasteiger partial charge on any atom is -0.505 e. The van der Waals surface area contributed by atoms with E-state index in [4.69, 9.17) is 11.5 Å². The highest BCUT2D eigenvalue weighted by molar-refractivity contribution is 7.86. The fraction of sp³-hybridized carbons (Fsp3) is 0. The topological polar surface area (TPSA) is 230 Å². The molecule has 0 fully saturated rings. The first-order chi connectivity index (χ1) is 19.3. The van der Waals surface area contributed by atoms with E-state index < -0.39 is 41.5 Å². The third kappa shape index (κ3) is 5.55. The number of fused-ring (bicyclic) bond motifs is 2. The molecule has 0 spiro atoms. The molecule has 15 heteroatoms. The van der Waals surface area contributed by atoms with E-state index in [0.29, 0.717) is 22.1 Å². The highest BCUT2D eigenvalue weighted by atomic mass is 32.2. The Morgan fingerprint density at radius 1 is 0.561 bits per heavy atom. The van der Waals surface area contributed by atoms with E-state index in [1.165, 1.54) is 42.5 Å². The molecule has 208 valence electrons. The van der Waals surface area contributed by atoms with Gasteiger partial charge in [0.2, 0.25) is 0 Å². The number of benzene rings is 5. The number of nitrogens with two attached hydrogens (primary N) is 2. The van der Waals surface area contributed by atoms with Crippen molar-refractivity contribution >= 4 is 75.9 Å². The van der Waals surface area contributed by atoms with Crippen molar-refractivity contribution in [3.8, 4) is 5.75 Å². The summed E-state index contributed by atoms with van der Waals surface area (Å²) in [6.07, 6.45) is 0. The number of azo groups is 2. The zero-order valence-electron chi connectivity index (χ0n) is 20.7. The lowest BCUT2D eigenvalue weighted by Gasteiger charge is -2.09. The smallest absolute Gasteiger partial charge is 0.296 e. The second-order valence-corrected chi connectivity index (χ2v) is 11.6. The average Bonchev–Trinajstić information content (AvgIpc) is 2.91. The molecule has 0 aromatic heterocycles. The summed E-state index contributed by atoms with van der Waals surface area (Å²) >= 11 is 0. The predicted molar refractivity (Wildman–Crippen MR) is 153 cm³/mol. The zero-order chi connectivity index (χ0) is 29.5. The second-order valence-electron chi connectivity index (χ2n) is 8.78. The van der Waals surface area contributed by atoms with E-state index in [-0.39, 0.29) is 27.8 Å². The van der Waals surface area contributed by atoms with E-state index in [1.54, 1.807) is 24.3 Å². The van der Waals surface area contributed by atoms with Crippen molar-refractivity contribution in [3.63, 3.8) is 0 Å². The summed E-state index contributed by atoms with van der Waals surface area (Å²) in [5.74, 6) is -0.522. The van der Waals surface area contributed by atoms with Crippen LogP contribution in [-0.2, 0) is 20.2 Å². The first kappa shape index (κ1) is 27.6. The molecule has 0 heterocycles. The van der Waals surface area contributed by atoms with Gasteiger partial charge in [-0.2, -0.15) is 16.8 Å². The summed E-state index contributed by atoms with van der Waals surface area (Å²) in [5, 5.41) is 28.6. The summed E-state index contributed by atoms with van der Waals surface area (Å²) in [6.45, 7) is 0. The molecule has 0 bridgehead atoms. The van der Waals surface area contributed by atoms with Crippen LogP contribution in [0, 0.1) is 0 Å². The van der Waals surface area contributed by atoms with Gasteiger partial charge >= 0.3 is 0 Å². The molecule has 41 heavy (non-hydrogen) atoms. The van der Waals surface area contributed by atoms with Crippen molar-refractivity contribution in [3.05, 3.63) is 78.9 Å². The first-order valence-corrected chi connectivity index (χ1v) is 14.5. The largest absolute Gasteiger partial charge is 0.505 e. The molecule has 0 saturated carbocycles. The Morgan fingerprint density at radius 2 is 1.07 bits per heavy atom. The predicted octanol–water partition coefficient (Wildman–Crippen LogP) is 6.19. The molecular weight excluding hydrogens is 572 g/mol. The lowest BCUT2D eigenvalue weighted by Crippen LogP contribution is -1.99. The van der Waals surface area contributed by atoms with E-state index in [2.05, 4.69) is 20.5 Å². The van der Waals surface area contributed by atoms with Crippen LogP contribution < -0.4 is 11.5 Å². The number of aromatic hydroxyl groups is 1. The van der Waals surface area contributed by atoms with Gasteiger partial charge in [0.1, 0.15) is 21.2 Å². The Bertz CT molecular complexity index is 2150. The van der Waals surface area contributed by atoms with Gasteiger partial charge in [0.05, 0.1) is 11.4 Å². The van der Waals surface area contributed by atoms with Gasteiger partial charge in [-0.3, -0.25) is 9.11 Å². The van der Waals surface area contributed by atoms with Crippen LogP contribution in [0.2, 0.25) is 0 Å². The van der Waals surface area contributed by atoms with Gasteiger partial charge in [-0.05, 0) is 60.0 Å². The van der Waals surface area contributed by atoms with Gasteiger partial charge in [0.15, 0.2) is 5.75 Å². The van der Waals surface area contributed by atoms with Crippen molar-refractivity contribution in [1.29, 1.82) is 0 Å². The summed E-state index contributed by atoms with van der Waals surface area (Å²) < 4.78 is 67.1. The maximum absolute atomic E-state index is 12.1. The quantitative estimate of drug-likeness (QED) is 0.0858. The molecular formula is C26H20N6O7S2. The number of phenols is 1. The molecule has 5 aromatic carbocycles. The lowest BCUT2D eigenvalue weighted by atomic mass is 10.1. The fourth-order valence-electron chi connectivity index (χ4n) is 4.14. The maximum atomic E-state index is 12.1. The van der Waals surface area contributed by atoms with Crippen molar-refractivity contribution in [2.45, 2.75) is 9.79 Å². The summed E-state index contributed by atoms with van der Waals surface area (Å²) in [4.78, 5) is -1.17. The fourth-order valence-corrected chi connectivity index (χ4v) is 5.45. The highest BCUT2D eigenvalue weighted by Gasteiger charge is 2.22. The number of nitrogens with zero attached hydrogens (tertiary/aromatic N) is 4. The molecule has 0 atom stereocenters. The van der Waals surface area contributed by atoms with Crippen LogP contribution in [0.3, 0.4) is 0 Å². The Hall–Kier alpha value is -4.96. The number of anilines is 2. The molecule has 0 unspecified atom stereocenters. The minimum atomic E-state index is -4.81. The van der Waals surface area contributed by atoms with Crippen molar-refractivity contribution in [2.24, 2.45) is 20.5 Å². The van der Waals surface area contributed by atoms with Gasteiger partial charge in [-0.1, -0.05) is 24.3 Å². The van der Waals surface area contributed by atoms with Gasteiger partial charge in [-0.15, -0.1) is 20.5 Å². The van der Waals surface area contributed by atoms with Crippen molar-refractivity contribution < 1.29 is 31.0 Å². The number of nitrogen functional groups attached to an aromatic ring is 2. The lowest BCUT2D eigenvalue weighted by molar-refractivity contribution is 0.472. The zero-order valence-corrected chi connectivity index (χ0v) is 22.4. The molecule has 0 amide bonds. The SMILES string of the molecule is Nc1ccc(N=Nc2ccc(N=Nc3c(S(=O)(=O)O)cc4cc(N)ccc4c3O)c3ccccc23)c(S(=O)(=O)O)c1. The van der Waals surface area contributed by atoms with Crippen LogP contribution in [0.25, 0.3) is 21.5 Å². The normalized spacial score (nSPS) is 12.6. The van der Waals surface area contributed by atoms with E-state index in [1.807, 2.05) is 0 Å². The number of hydrogen-bond acceptors (Lipinski definition) is 11. The van der Waals surface area contributed by atoms with E-state index >= 15 is 0 Å². The van der Waals surface area contributed by atoms with Crippen LogP contribution >= 0.6 is 0 Å². The summed E-state index contributed by atoms with van der Waals surface area (Å²) in [5.41, 5.74) is 11.8. The summed E-state index contributed by atoms with van der Waals surface area (Å²) in [6, 6.07) is 19.1. The first-order valence-electron chi connectivity index (χ1n) is 11.6. The minimum absolute atomic E-state index is 0.107. The van der Waals surface area contributed by atoms with Crippen LogP contribution in [0.1, 0.15) is 0 Å². The maximum Gasteiger partial charge on any atom is 0.296 e. The van der Waals surface area contributed by atoms with Crippen LogP contribution in [-0.4, -0.2) is 31.0 Å². The van der Waals surface area contributed by atoms with Crippen LogP contribution in [0.15, 0.2) is 109 Å². The van der Waals surface area contributed by atoms with E-state index in [0.717, 1.165) is 12.1 Å². The van der Waals surface area contributed by atoms with Crippen LogP contribution in [0.5, 0.6) is 5.75 Å². The second kappa shape index (κ2) is 10.2. The van der Waals surface area contributed by atoms with Gasteiger partial charge < -0.3 is 16.6 Å². The van der Waals surface area contributed by atoms with Crippen molar-refractivity contribution in [1.82, 2.24) is 0 Å². The monoisotopic (exact) mass is 592 g/mol. The molecule has 5 rings (SSSR count). The molecule has 0 saturated heterocycles. The Morgan fingerprint density at radius 3 is 1.68 bits per heavy atom. The number of rotatable bonds is 6. The number of hydrogen-bond donors (Lipinski definition) is 5. The average molecular weight is 593 g/mol. The molecule has 0 aliphatic carbocycles.